The summed E-state index contributed by atoms with van der Waals surface area (Å²) < 4.78 is 5.27. The van der Waals surface area contributed by atoms with E-state index in [-0.39, 0.29) is 0 Å². The van der Waals surface area contributed by atoms with E-state index in [1.165, 1.54) is 12.8 Å². The first kappa shape index (κ1) is 13.4. The summed E-state index contributed by atoms with van der Waals surface area (Å²) in [5.74, 6) is 0.610. The molecule has 2 N–H and O–H groups in total. The normalized spacial score (nSPS) is 25.1. The standard InChI is InChI=1S/C16H21NO3/c1-20-13-7-6-12-3-2-8-16(15(18)19,14(12)9-13)17-10-11-4-5-11/h6-7,9,11,17H,2-5,8,10H2,1H3,(H,18,19). The number of hydrogen-bond acceptors (Lipinski definition) is 3. The molecule has 0 heterocycles. The van der Waals surface area contributed by atoms with Gasteiger partial charge in [0.05, 0.1) is 7.11 Å². The molecule has 1 fully saturated rings. The van der Waals surface area contributed by atoms with Crippen LogP contribution >= 0.6 is 0 Å². The van der Waals surface area contributed by atoms with Gasteiger partial charge in [-0.1, -0.05) is 6.07 Å². The maximum Gasteiger partial charge on any atom is 0.328 e. The zero-order valence-electron chi connectivity index (χ0n) is 11.8. The van der Waals surface area contributed by atoms with Crippen LogP contribution in [-0.2, 0) is 16.8 Å². The van der Waals surface area contributed by atoms with Gasteiger partial charge in [-0.3, -0.25) is 5.32 Å². The van der Waals surface area contributed by atoms with Gasteiger partial charge in [-0.05, 0) is 67.8 Å². The molecule has 108 valence electrons. The molecular weight excluding hydrogens is 254 g/mol. The van der Waals surface area contributed by atoms with Gasteiger partial charge in [-0.15, -0.1) is 0 Å². The van der Waals surface area contributed by atoms with Crippen LogP contribution in [-0.4, -0.2) is 24.7 Å². The molecule has 20 heavy (non-hydrogen) atoms. The van der Waals surface area contributed by atoms with Gasteiger partial charge in [-0.25, -0.2) is 4.79 Å². The van der Waals surface area contributed by atoms with Crippen molar-refractivity contribution < 1.29 is 14.6 Å². The Morgan fingerprint density at radius 3 is 2.95 bits per heavy atom. The number of aryl methyl sites for hydroxylation is 1. The lowest BCUT2D eigenvalue weighted by Crippen LogP contribution is -2.52. The van der Waals surface area contributed by atoms with Crippen LogP contribution in [0.3, 0.4) is 0 Å². The highest BCUT2D eigenvalue weighted by Gasteiger charge is 2.44. The van der Waals surface area contributed by atoms with Crippen LogP contribution in [0.1, 0.15) is 36.8 Å². The Balaban J connectivity index is 1.99. The Bertz CT molecular complexity index is 524. The first-order chi connectivity index (χ1) is 9.65. The second-order valence-electron chi connectivity index (χ2n) is 5.91. The van der Waals surface area contributed by atoms with Crippen molar-refractivity contribution in [3.8, 4) is 5.75 Å². The fraction of sp³-hybridized carbons (Fsp3) is 0.562. The first-order valence-corrected chi connectivity index (χ1v) is 7.31. The molecule has 1 saturated carbocycles. The second-order valence-corrected chi connectivity index (χ2v) is 5.91. The van der Waals surface area contributed by atoms with Gasteiger partial charge in [0, 0.05) is 0 Å². The lowest BCUT2D eigenvalue weighted by Gasteiger charge is -2.36. The molecule has 0 aromatic heterocycles. The second kappa shape index (κ2) is 5.09. The summed E-state index contributed by atoms with van der Waals surface area (Å²) in [4.78, 5) is 12.0. The van der Waals surface area contributed by atoms with Gasteiger partial charge in [-0.2, -0.15) is 0 Å². The molecule has 2 aliphatic rings. The molecular formula is C16H21NO3. The Morgan fingerprint density at radius 2 is 2.30 bits per heavy atom. The van der Waals surface area contributed by atoms with E-state index in [2.05, 4.69) is 5.32 Å². The van der Waals surface area contributed by atoms with Gasteiger partial charge < -0.3 is 9.84 Å². The zero-order chi connectivity index (χ0) is 14.2. The number of methoxy groups -OCH3 is 1. The third-order valence-electron chi connectivity index (χ3n) is 4.53. The highest BCUT2D eigenvalue weighted by atomic mass is 16.5. The van der Waals surface area contributed by atoms with Crippen molar-refractivity contribution in [2.24, 2.45) is 5.92 Å². The van der Waals surface area contributed by atoms with Crippen LogP contribution < -0.4 is 10.1 Å². The number of benzene rings is 1. The van der Waals surface area contributed by atoms with Crippen LogP contribution in [0.2, 0.25) is 0 Å². The van der Waals surface area contributed by atoms with Crippen molar-refractivity contribution in [1.29, 1.82) is 0 Å². The monoisotopic (exact) mass is 275 g/mol. The molecule has 1 aromatic carbocycles. The Morgan fingerprint density at radius 1 is 1.50 bits per heavy atom. The molecule has 4 heteroatoms. The molecule has 3 rings (SSSR count). The molecule has 1 unspecified atom stereocenters. The van der Waals surface area contributed by atoms with Crippen molar-refractivity contribution in [3.63, 3.8) is 0 Å². The lowest BCUT2D eigenvalue weighted by molar-refractivity contribution is -0.146. The third-order valence-corrected chi connectivity index (χ3v) is 4.53. The predicted octanol–water partition coefficient (Wildman–Crippen LogP) is 2.31. The van der Waals surface area contributed by atoms with E-state index < -0.39 is 11.5 Å². The summed E-state index contributed by atoms with van der Waals surface area (Å²) in [7, 11) is 1.62. The maximum absolute atomic E-state index is 12.0. The molecule has 0 amide bonds. The average Bonchev–Trinajstić information content (AvgIpc) is 3.28. The van der Waals surface area contributed by atoms with Crippen molar-refractivity contribution in [2.75, 3.05) is 13.7 Å². The molecule has 0 aliphatic heterocycles. The minimum atomic E-state index is -0.940. The molecule has 2 aliphatic carbocycles. The molecule has 4 nitrogen and oxygen atoms in total. The number of carboxylic acid groups (broad SMARTS) is 1. The Labute approximate surface area is 119 Å². The SMILES string of the molecule is COc1ccc2c(c1)C(NCC1CC1)(C(=O)O)CCC2. The van der Waals surface area contributed by atoms with E-state index >= 15 is 0 Å². The van der Waals surface area contributed by atoms with Crippen LogP contribution in [0.4, 0.5) is 0 Å². The topological polar surface area (TPSA) is 58.6 Å². The van der Waals surface area contributed by atoms with Crippen molar-refractivity contribution in [1.82, 2.24) is 5.32 Å². The largest absolute Gasteiger partial charge is 0.497 e. The van der Waals surface area contributed by atoms with Gasteiger partial charge in [0.25, 0.3) is 0 Å². The predicted molar refractivity (Wildman–Crippen MR) is 76.0 cm³/mol. The smallest absolute Gasteiger partial charge is 0.328 e. The lowest BCUT2D eigenvalue weighted by atomic mass is 9.76. The van der Waals surface area contributed by atoms with Crippen molar-refractivity contribution >= 4 is 5.97 Å². The van der Waals surface area contributed by atoms with Gasteiger partial charge in [0.2, 0.25) is 0 Å². The van der Waals surface area contributed by atoms with Gasteiger partial charge >= 0.3 is 5.97 Å². The highest BCUT2D eigenvalue weighted by Crippen LogP contribution is 2.39. The van der Waals surface area contributed by atoms with Gasteiger partial charge in [0.1, 0.15) is 11.3 Å². The van der Waals surface area contributed by atoms with Crippen LogP contribution in [0, 0.1) is 5.92 Å². The number of hydrogen-bond donors (Lipinski definition) is 2. The minimum absolute atomic E-state index is 0.648. The van der Waals surface area contributed by atoms with Crippen LogP contribution in [0.5, 0.6) is 5.75 Å². The number of ether oxygens (including phenoxy) is 1. The summed E-state index contributed by atoms with van der Waals surface area (Å²) in [6.07, 6.45) is 4.93. The van der Waals surface area contributed by atoms with Gasteiger partial charge in [0.15, 0.2) is 0 Å². The summed E-state index contributed by atoms with van der Waals surface area (Å²) in [5, 5.41) is 13.2. The third kappa shape index (κ3) is 2.29. The molecule has 1 atom stereocenters. The van der Waals surface area contributed by atoms with E-state index in [9.17, 15) is 9.90 Å². The molecule has 1 aromatic rings. The fourth-order valence-electron chi connectivity index (χ4n) is 3.10. The molecule has 0 spiro atoms. The Kier molecular flexibility index (Phi) is 3.42. The van der Waals surface area contributed by atoms with Crippen LogP contribution in [0.15, 0.2) is 18.2 Å². The number of carboxylic acids is 1. The summed E-state index contributed by atoms with van der Waals surface area (Å²) in [6.45, 7) is 0.795. The van der Waals surface area contributed by atoms with E-state index in [4.69, 9.17) is 4.74 Å². The number of rotatable bonds is 5. The fourth-order valence-corrected chi connectivity index (χ4v) is 3.10. The summed E-state index contributed by atoms with van der Waals surface area (Å²) >= 11 is 0. The number of fused-ring (bicyclic) bond motifs is 1. The van der Waals surface area contributed by atoms with E-state index in [0.717, 1.165) is 36.3 Å². The minimum Gasteiger partial charge on any atom is -0.497 e. The number of aliphatic carboxylic acids is 1. The summed E-state index contributed by atoms with van der Waals surface area (Å²) in [6, 6.07) is 5.81. The van der Waals surface area contributed by atoms with E-state index in [1.807, 2.05) is 18.2 Å². The number of carbonyl (C=O) groups is 1. The molecule has 0 saturated heterocycles. The Hall–Kier alpha value is -1.55. The first-order valence-electron chi connectivity index (χ1n) is 7.31. The maximum atomic E-state index is 12.0. The van der Waals surface area contributed by atoms with Crippen molar-refractivity contribution in [3.05, 3.63) is 29.3 Å². The van der Waals surface area contributed by atoms with Crippen LogP contribution in [0.25, 0.3) is 0 Å². The highest BCUT2D eigenvalue weighted by molar-refractivity contribution is 5.82. The van der Waals surface area contributed by atoms with E-state index in [0.29, 0.717) is 12.3 Å². The zero-order valence-corrected chi connectivity index (χ0v) is 11.8. The quantitative estimate of drug-likeness (QED) is 0.865. The molecule has 0 bridgehead atoms. The van der Waals surface area contributed by atoms with E-state index in [1.54, 1.807) is 7.11 Å². The molecule has 0 radical (unpaired) electrons. The number of nitrogens with one attached hydrogen (secondary N) is 1. The average molecular weight is 275 g/mol. The van der Waals surface area contributed by atoms with Crippen molar-refractivity contribution in [2.45, 2.75) is 37.6 Å². The summed E-state index contributed by atoms with van der Waals surface area (Å²) in [5.41, 5.74) is 1.07.